The van der Waals surface area contributed by atoms with Gasteiger partial charge in [0.25, 0.3) is 5.91 Å². The first-order chi connectivity index (χ1) is 19.1. The van der Waals surface area contributed by atoms with E-state index in [-0.39, 0.29) is 28.9 Å². The second-order valence-corrected chi connectivity index (χ2v) is 13.6. The van der Waals surface area contributed by atoms with Crippen LogP contribution >= 0.6 is 19.4 Å². The number of benzene rings is 2. The van der Waals surface area contributed by atoms with Gasteiger partial charge in [0.1, 0.15) is 5.75 Å². The normalized spacial score (nSPS) is 23.0. The number of nitrogens with zero attached hydrogens (tertiary/aromatic N) is 1. The SMILES string of the molecule is CC1(C)S[C@@H]2CC(=O)N2[C@@]1(NC(=O)C(c1ccc(O)cc1)P(=O)(O)OCc1cccc(C(=O)NC(N)=O)c1)C(=O)O. The van der Waals surface area contributed by atoms with E-state index in [4.69, 9.17) is 10.3 Å². The molecule has 2 unspecified atom stereocenters. The third-order valence-corrected chi connectivity index (χ3v) is 10.0. The van der Waals surface area contributed by atoms with Gasteiger partial charge in [-0.05, 0) is 49.2 Å². The fraction of sp³-hybridized carbons (Fsp3) is 0.320. The Bertz CT molecular complexity index is 1480. The van der Waals surface area contributed by atoms with E-state index in [1.807, 2.05) is 5.32 Å². The molecule has 7 N–H and O–H groups in total. The molecule has 2 saturated heterocycles. The fourth-order valence-corrected chi connectivity index (χ4v) is 7.93. The molecule has 0 saturated carbocycles. The Balaban J connectivity index is 1.66. The summed E-state index contributed by atoms with van der Waals surface area (Å²) in [4.78, 5) is 74.1. The fourth-order valence-electron chi connectivity index (χ4n) is 4.84. The summed E-state index contributed by atoms with van der Waals surface area (Å²) in [5, 5.41) is 23.8. The number of hydrogen-bond acceptors (Lipinski definition) is 9. The van der Waals surface area contributed by atoms with Crippen molar-refractivity contribution in [1.29, 1.82) is 0 Å². The number of β-lactam (4-membered cyclic amide) rings is 1. The first-order valence-electron chi connectivity index (χ1n) is 12.1. The van der Waals surface area contributed by atoms with Crippen LogP contribution in [0.1, 0.15) is 47.4 Å². The summed E-state index contributed by atoms with van der Waals surface area (Å²) in [5.74, 6) is -4.24. The lowest BCUT2D eigenvalue weighted by Crippen LogP contribution is -2.75. The average Bonchev–Trinajstić information content (AvgIpc) is 3.05. The molecule has 14 nitrogen and oxygen atoms in total. The molecule has 0 aromatic heterocycles. The molecule has 0 radical (unpaired) electrons. The number of nitrogens with two attached hydrogens (primary N) is 1. The zero-order chi connectivity index (χ0) is 30.3. The van der Waals surface area contributed by atoms with E-state index >= 15 is 0 Å². The van der Waals surface area contributed by atoms with Crippen molar-refractivity contribution in [3.8, 4) is 5.75 Å². The Morgan fingerprint density at radius 3 is 2.44 bits per heavy atom. The molecule has 0 bridgehead atoms. The van der Waals surface area contributed by atoms with Gasteiger partial charge in [-0.2, -0.15) is 0 Å². The summed E-state index contributed by atoms with van der Waals surface area (Å²) < 4.78 is 17.7. The van der Waals surface area contributed by atoms with Crippen LogP contribution in [0, 0.1) is 0 Å². The van der Waals surface area contributed by atoms with E-state index in [0.717, 1.165) is 4.90 Å². The van der Waals surface area contributed by atoms with Gasteiger partial charge in [0.05, 0.1) is 23.1 Å². The lowest BCUT2D eigenvalue weighted by molar-refractivity contribution is -0.173. The third kappa shape index (κ3) is 5.53. The second kappa shape index (κ2) is 10.8. The van der Waals surface area contributed by atoms with Gasteiger partial charge in [-0.1, -0.05) is 24.3 Å². The highest BCUT2D eigenvalue weighted by Gasteiger charge is 2.71. The maximum absolute atomic E-state index is 13.8. The number of carboxylic acid groups (broad SMARTS) is 1. The summed E-state index contributed by atoms with van der Waals surface area (Å²) in [6.45, 7) is 2.53. The number of thioether (sulfide) groups is 1. The number of urea groups is 1. The summed E-state index contributed by atoms with van der Waals surface area (Å²) >= 11 is 1.18. The van der Waals surface area contributed by atoms with E-state index in [0.29, 0.717) is 0 Å². The monoisotopic (exact) mass is 606 g/mol. The molecule has 2 fully saturated rings. The number of phenolic OH excluding ortho intramolecular Hbond substituents is 1. The quantitative estimate of drug-likeness (QED) is 0.178. The molecule has 2 aromatic carbocycles. The topological polar surface area (TPSA) is 226 Å². The minimum atomic E-state index is -4.99. The predicted molar refractivity (Wildman–Crippen MR) is 144 cm³/mol. The zero-order valence-electron chi connectivity index (χ0n) is 21.8. The van der Waals surface area contributed by atoms with Gasteiger partial charge in [-0.25, -0.2) is 9.59 Å². The highest BCUT2D eigenvalue weighted by molar-refractivity contribution is 8.01. The Labute approximate surface area is 237 Å². The Hall–Kier alpha value is -3.91. The number of fused-ring (bicyclic) bond motifs is 1. The number of carboxylic acids is 1. The third-order valence-electron chi connectivity index (χ3n) is 6.81. The molecule has 0 spiro atoms. The van der Waals surface area contributed by atoms with Crippen LogP contribution in [-0.4, -0.2) is 65.5 Å². The van der Waals surface area contributed by atoms with E-state index in [1.54, 1.807) is 13.8 Å². The van der Waals surface area contributed by atoms with E-state index in [9.17, 15) is 43.6 Å². The number of primary amides is 1. The molecule has 5 amide bonds. The maximum Gasteiger partial charge on any atom is 0.352 e. The molecular weight excluding hydrogens is 579 g/mol. The van der Waals surface area contributed by atoms with Crippen LogP contribution in [0.2, 0.25) is 0 Å². The first kappa shape index (κ1) is 30.1. The molecule has 4 rings (SSSR count). The smallest absolute Gasteiger partial charge is 0.352 e. The zero-order valence-corrected chi connectivity index (χ0v) is 23.5. The Morgan fingerprint density at radius 1 is 1.20 bits per heavy atom. The summed E-state index contributed by atoms with van der Waals surface area (Å²) in [6, 6.07) is 9.23. The van der Waals surface area contributed by atoms with Crippen molar-refractivity contribution in [2.75, 3.05) is 0 Å². The lowest BCUT2D eigenvalue weighted by atomic mass is 9.89. The number of carbonyl (C=O) groups is 5. The van der Waals surface area contributed by atoms with Gasteiger partial charge in [-0.15, -0.1) is 11.8 Å². The molecule has 2 aliphatic rings. The van der Waals surface area contributed by atoms with Crippen LogP contribution in [0.25, 0.3) is 0 Å². The van der Waals surface area contributed by atoms with Gasteiger partial charge in [0.2, 0.25) is 17.5 Å². The van der Waals surface area contributed by atoms with E-state index in [2.05, 4.69) is 5.32 Å². The van der Waals surface area contributed by atoms with Gasteiger partial charge in [0.15, 0.2) is 5.66 Å². The highest BCUT2D eigenvalue weighted by atomic mass is 32.2. The molecule has 2 aromatic rings. The summed E-state index contributed by atoms with van der Waals surface area (Å²) in [7, 11) is -4.99. The van der Waals surface area contributed by atoms with Crippen LogP contribution in [-0.2, 0) is 30.1 Å². The minimum absolute atomic E-state index is 0.00336. The average molecular weight is 607 g/mol. The standard InChI is InChI=1S/C25H27N4O10PS/c1-24(2)25(22(34)35,29-17(31)11-18(29)41-24)28-21(33)19(14-6-8-16(30)9-7-14)40(37,38)39-12-13-4-3-5-15(10-13)20(32)27-23(26)36/h3-10,18-19,30H,11-12H2,1-2H3,(H,28,33)(H,34,35)(H,37,38)(H3,26,27,32,36)/t18-,19?,25+/m1/s1. The van der Waals surface area contributed by atoms with Crippen molar-refractivity contribution in [1.82, 2.24) is 15.5 Å². The van der Waals surface area contributed by atoms with Crippen molar-refractivity contribution in [2.45, 2.75) is 48.3 Å². The molecule has 41 heavy (non-hydrogen) atoms. The van der Waals surface area contributed by atoms with Crippen LogP contribution in [0.3, 0.4) is 0 Å². The van der Waals surface area contributed by atoms with Gasteiger partial charge in [0, 0.05) is 5.56 Å². The minimum Gasteiger partial charge on any atom is -0.508 e. The van der Waals surface area contributed by atoms with E-state index in [1.165, 1.54) is 60.3 Å². The van der Waals surface area contributed by atoms with Crippen molar-refractivity contribution in [2.24, 2.45) is 5.73 Å². The van der Waals surface area contributed by atoms with Crippen LogP contribution < -0.4 is 16.4 Å². The molecular formula is C25H27N4O10PS. The number of carbonyl (C=O) groups excluding carboxylic acids is 4. The number of aromatic hydroxyl groups is 1. The lowest BCUT2D eigenvalue weighted by Gasteiger charge is -2.46. The van der Waals surface area contributed by atoms with Gasteiger partial charge in [-0.3, -0.25) is 29.2 Å². The number of hydrogen-bond donors (Lipinski definition) is 6. The molecule has 4 atom stereocenters. The van der Waals surface area contributed by atoms with Crippen molar-refractivity contribution >= 4 is 49.1 Å². The number of rotatable bonds is 9. The molecule has 2 aliphatic heterocycles. The number of aliphatic carboxylic acids is 1. The number of imide groups is 1. The van der Waals surface area contributed by atoms with Crippen molar-refractivity contribution in [3.63, 3.8) is 0 Å². The first-order valence-corrected chi connectivity index (χ1v) is 14.6. The number of amides is 5. The molecule has 2 heterocycles. The van der Waals surface area contributed by atoms with Gasteiger partial charge >= 0.3 is 19.6 Å². The Kier molecular flexibility index (Phi) is 7.93. The largest absolute Gasteiger partial charge is 0.508 e. The van der Waals surface area contributed by atoms with Crippen molar-refractivity contribution in [3.05, 3.63) is 65.2 Å². The van der Waals surface area contributed by atoms with E-state index < -0.39 is 65.4 Å². The number of phenols is 1. The predicted octanol–water partition coefficient (Wildman–Crippen LogP) is 1.62. The second-order valence-electron chi connectivity index (χ2n) is 9.91. The molecule has 16 heteroatoms. The molecule has 0 aliphatic carbocycles. The van der Waals surface area contributed by atoms with Crippen molar-refractivity contribution < 1.29 is 48.2 Å². The van der Waals surface area contributed by atoms with Gasteiger partial charge < -0.3 is 30.7 Å². The number of nitrogens with one attached hydrogen (secondary N) is 2. The summed E-state index contributed by atoms with van der Waals surface area (Å²) in [5.41, 5.74) is 0.915. The van der Waals surface area contributed by atoms with Crippen LogP contribution in [0.15, 0.2) is 48.5 Å². The highest BCUT2D eigenvalue weighted by Crippen LogP contribution is 2.59. The van der Waals surface area contributed by atoms with Crippen LogP contribution in [0.4, 0.5) is 4.79 Å². The maximum atomic E-state index is 13.8. The summed E-state index contributed by atoms with van der Waals surface area (Å²) in [6.07, 6.45) is 0.0819. The molecule has 218 valence electrons. The Morgan fingerprint density at radius 2 is 1.85 bits per heavy atom. The van der Waals surface area contributed by atoms with Crippen LogP contribution in [0.5, 0.6) is 5.75 Å².